The minimum Gasteiger partial charge on any atom is -0.343 e. The Morgan fingerprint density at radius 1 is 0.580 bits per heavy atom. The van der Waals surface area contributed by atoms with Crippen LogP contribution in [-0.2, 0) is 76.6 Å². The normalized spacial score (nSPS) is 23.2. The van der Waals surface area contributed by atoms with E-state index in [1.54, 1.807) is 36.1 Å². The Morgan fingerprint density at radius 2 is 1.13 bits per heavy atom. The van der Waals surface area contributed by atoms with Gasteiger partial charge in [0.25, 0.3) is 0 Å². The lowest BCUT2D eigenvalue weighted by Gasteiger charge is -2.39. The van der Waals surface area contributed by atoms with Gasteiger partial charge in [0.15, 0.2) is 0 Å². The van der Waals surface area contributed by atoms with Crippen molar-refractivity contribution in [2.75, 3.05) is 81.6 Å². The summed E-state index contributed by atoms with van der Waals surface area (Å²) in [7, 11) is 8.10. The van der Waals surface area contributed by atoms with E-state index in [0.717, 1.165) is 43.1 Å². The van der Waals surface area contributed by atoms with Crippen LogP contribution in [-0.4, -0.2) is 239 Å². The van der Waals surface area contributed by atoms with Crippen molar-refractivity contribution in [1.82, 2.24) is 60.5 Å². The fourth-order valence-corrected chi connectivity index (χ4v) is 12.6. The van der Waals surface area contributed by atoms with Gasteiger partial charge in [0.05, 0.1) is 36.6 Å². The molecule has 0 radical (unpaired) electrons. The number of alkyl halides is 3. The van der Waals surface area contributed by atoms with Crippen LogP contribution in [0.15, 0.2) is 42.5 Å². The Morgan fingerprint density at radius 3 is 1.68 bits per heavy atom. The van der Waals surface area contributed by atoms with Crippen LogP contribution in [0.25, 0.3) is 0 Å². The van der Waals surface area contributed by atoms with Crippen molar-refractivity contribution in [3.63, 3.8) is 0 Å². The van der Waals surface area contributed by atoms with E-state index in [-0.39, 0.29) is 74.8 Å². The van der Waals surface area contributed by atoms with Gasteiger partial charge in [0, 0.05) is 73.4 Å². The van der Waals surface area contributed by atoms with Crippen molar-refractivity contribution in [2.24, 2.45) is 17.8 Å². The molecule has 0 aliphatic carbocycles. The molecule has 4 N–H and O–H groups in total. The summed E-state index contributed by atoms with van der Waals surface area (Å²) in [6.07, 6.45) is -2.62. The lowest BCUT2D eigenvalue weighted by atomic mass is 9.96. The second-order valence-corrected chi connectivity index (χ2v) is 29.2. The summed E-state index contributed by atoms with van der Waals surface area (Å²) >= 11 is 12.4. The zero-order chi connectivity index (χ0) is 75.4. The molecule has 2 heterocycles. The van der Waals surface area contributed by atoms with Gasteiger partial charge in [-0.15, -0.1) is 0 Å². The van der Waals surface area contributed by atoms with Gasteiger partial charge in [0.1, 0.15) is 47.8 Å². The van der Waals surface area contributed by atoms with Gasteiger partial charge in [-0.2, -0.15) is 13.2 Å². The summed E-state index contributed by atoms with van der Waals surface area (Å²) in [4.78, 5) is 186. The second-order valence-electron chi connectivity index (χ2n) is 28.3. The average Bonchev–Trinajstić information content (AvgIpc) is 0.804. The van der Waals surface area contributed by atoms with Crippen molar-refractivity contribution in [2.45, 2.75) is 207 Å². The van der Waals surface area contributed by atoms with Crippen LogP contribution in [0.2, 0.25) is 10.0 Å². The number of amides is 12. The molecule has 0 aromatic heterocycles. The largest absolute Gasteiger partial charge is 0.417 e. The molecule has 0 spiro atoms. The average molecular weight is 1450 g/mol. The first-order chi connectivity index (χ1) is 46.6. The van der Waals surface area contributed by atoms with Gasteiger partial charge in [-0.25, -0.2) is 0 Å². The fourth-order valence-electron chi connectivity index (χ4n) is 12.2. The van der Waals surface area contributed by atoms with Gasteiger partial charge in [-0.05, 0) is 132 Å². The Bertz CT molecular complexity index is 3200. The zero-order valence-corrected chi connectivity index (χ0v) is 62.6. The summed E-state index contributed by atoms with van der Waals surface area (Å²) in [5.41, 5.74) is -2.09. The molecule has 12 amide bonds. The fraction of sp³-hybridized carbons (Fsp3) is 0.662. The molecular formula is C71H107Cl2F3N12O12. The van der Waals surface area contributed by atoms with Gasteiger partial charge in [0.2, 0.25) is 70.9 Å². The standard InChI is InChI=1S/C71H107Cl2F3N12O12/c1-17-19-23-52-66(97)86(16)70(9,10)69(100)80-54(35-44(5)6)65(96)85(15)56(68(99)87-32-21-20-22-33-87)39-59(90)84(14)55(36-45(7)8)63(94)79-53(34-43(3)4)64(95)83(13)41-60(91)81(11)42-61(92)88(18-2)57(38-47-24-28-48(72)29-25-47)67(98)82(12)40-58(89)77-51(62(93)78-52)31-27-46-26-30-49(50(73)37-46)71(74,75)76/h24-26,28-30,37,43-45,51-57H,17-23,27,31-36,38-42H2,1-16H3,(H,77,89)(H,78,93)(H,79,94)(H,80,100)/t51-,52-,53-,54-,55-,56-,57-/m0/s1. The van der Waals surface area contributed by atoms with Crippen molar-refractivity contribution in [1.29, 1.82) is 0 Å². The predicted molar refractivity (Wildman–Crippen MR) is 375 cm³/mol. The van der Waals surface area contributed by atoms with E-state index in [2.05, 4.69) is 21.3 Å². The second kappa shape index (κ2) is 38.5. The molecule has 4 rings (SSSR count). The van der Waals surface area contributed by atoms with Gasteiger partial charge in [-0.3, -0.25) is 57.5 Å². The number of carbonyl (C=O) groups is 12. The van der Waals surface area contributed by atoms with Crippen molar-refractivity contribution < 1.29 is 70.7 Å². The maximum absolute atomic E-state index is 15.1. The maximum Gasteiger partial charge on any atom is 0.417 e. The first-order valence-electron chi connectivity index (χ1n) is 34.6. The molecule has 2 saturated heterocycles. The topological polar surface area (TPSA) is 279 Å². The number of nitrogens with zero attached hydrogens (tertiary/aromatic N) is 8. The minimum atomic E-state index is -4.79. The molecule has 7 atom stereocenters. The van der Waals surface area contributed by atoms with E-state index in [4.69, 9.17) is 23.2 Å². The first kappa shape index (κ1) is 84.9. The number of aryl methyl sites for hydroxylation is 1. The summed E-state index contributed by atoms with van der Waals surface area (Å²) in [6, 6.07) is 0.0320. The third-order valence-corrected chi connectivity index (χ3v) is 19.1. The van der Waals surface area contributed by atoms with Gasteiger partial charge >= 0.3 is 6.18 Å². The molecule has 100 heavy (non-hydrogen) atoms. The molecule has 0 unspecified atom stereocenters. The quantitative estimate of drug-likeness (QED) is 0.143. The predicted octanol–water partition coefficient (Wildman–Crippen LogP) is 6.35. The number of halogens is 5. The van der Waals surface area contributed by atoms with Crippen molar-refractivity contribution >= 4 is 94.1 Å². The SMILES string of the molecule is CCCC[C@@H]1NC(=O)[C@H](CCc2ccc(C(F)(F)F)c(Cl)c2)NC(=O)CN(C)C(=O)[C@H](Cc2ccc(Cl)cc2)N(CC)C(=O)CN(C)C(=O)CN(C)C(=O)[C@H](CC(C)C)NC(=O)[C@H](CC(C)C)N(C)C(=O)C[C@@H](C(=O)N2CCCCC2)N(C)C(=O)[C@H](CC(C)C)NC(=O)C(C)(C)N(C)C1=O. The van der Waals surface area contributed by atoms with Crippen LogP contribution >= 0.6 is 23.2 Å². The number of carbonyl (C=O) groups excluding carboxylic acids is 12. The number of unbranched alkanes of at least 4 members (excludes halogenated alkanes) is 1. The van der Waals surface area contributed by atoms with Crippen LogP contribution in [0, 0.1) is 17.8 Å². The van der Waals surface area contributed by atoms with E-state index in [1.807, 2.05) is 48.5 Å². The third kappa shape index (κ3) is 24.3. The Labute approximate surface area is 597 Å². The van der Waals surface area contributed by atoms with E-state index in [9.17, 15) is 65.9 Å². The van der Waals surface area contributed by atoms with E-state index >= 15 is 4.79 Å². The smallest absolute Gasteiger partial charge is 0.343 e. The van der Waals surface area contributed by atoms with Crippen LogP contribution < -0.4 is 21.3 Å². The molecule has 24 nitrogen and oxygen atoms in total. The summed E-state index contributed by atoms with van der Waals surface area (Å²) < 4.78 is 41.5. The first-order valence-corrected chi connectivity index (χ1v) is 35.3. The number of likely N-dealkylation sites (N-methyl/N-ethyl adjacent to an activating group) is 7. The van der Waals surface area contributed by atoms with E-state index < -0.39 is 162 Å². The van der Waals surface area contributed by atoms with Gasteiger partial charge < -0.3 is 60.5 Å². The minimum absolute atomic E-state index is 0.0129. The molecule has 2 aromatic carbocycles. The maximum atomic E-state index is 15.1. The summed E-state index contributed by atoms with van der Waals surface area (Å²) in [6.45, 7) is 16.0. The molecule has 558 valence electrons. The molecule has 2 aliphatic rings. The van der Waals surface area contributed by atoms with Gasteiger partial charge in [-0.1, -0.05) is 103 Å². The number of hydrogen-bond acceptors (Lipinski definition) is 12. The summed E-state index contributed by atoms with van der Waals surface area (Å²) in [5, 5.41) is 10.8. The number of piperidine rings is 1. The summed E-state index contributed by atoms with van der Waals surface area (Å²) in [5.74, 6) is -9.51. The lowest BCUT2D eigenvalue weighted by molar-refractivity contribution is -0.152. The highest BCUT2D eigenvalue weighted by Gasteiger charge is 2.44. The Kier molecular flexibility index (Phi) is 32.7. The molecule has 29 heteroatoms. The van der Waals surface area contributed by atoms with E-state index in [0.29, 0.717) is 49.4 Å². The molecule has 0 saturated carbocycles. The van der Waals surface area contributed by atoms with Crippen LogP contribution in [0.1, 0.15) is 157 Å². The van der Waals surface area contributed by atoms with E-state index in [1.165, 1.54) is 72.0 Å². The molecular weight excluding hydrogens is 1340 g/mol. The molecule has 2 aromatic rings. The highest BCUT2D eigenvalue weighted by atomic mass is 35.5. The molecule has 2 fully saturated rings. The van der Waals surface area contributed by atoms with Crippen LogP contribution in [0.3, 0.4) is 0 Å². The highest BCUT2D eigenvalue weighted by molar-refractivity contribution is 6.31. The number of hydrogen-bond donors (Lipinski definition) is 4. The van der Waals surface area contributed by atoms with Crippen molar-refractivity contribution in [3.05, 3.63) is 69.2 Å². The molecule has 0 bridgehead atoms. The Hall–Kier alpha value is -7.55. The lowest BCUT2D eigenvalue weighted by Crippen LogP contribution is -2.63. The molecule has 2 aliphatic heterocycles. The third-order valence-electron chi connectivity index (χ3n) is 18.5. The zero-order valence-electron chi connectivity index (χ0n) is 61.1. The van der Waals surface area contributed by atoms with Crippen molar-refractivity contribution in [3.8, 4) is 0 Å². The van der Waals surface area contributed by atoms with Crippen LogP contribution in [0.5, 0.6) is 0 Å². The monoisotopic (exact) mass is 1450 g/mol. The number of rotatable bonds is 16. The Balaban J connectivity index is 1.92. The number of benzene rings is 2. The number of nitrogens with one attached hydrogen (secondary N) is 4. The number of likely N-dealkylation sites (tertiary alicyclic amines) is 1. The van der Waals surface area contributed by atoms with Crippen LogP contribution in [0.4, 0.5) is 13.2 Å². The highest BCUT2D eigenvalue weighted by Crippen LogP contribution is 2.35.